The molecule has 0 saturated carbocycles. The lowest BCUT2D eigenvalue weighted by Crippen LogP contribution is -2.60. The monoisotopic (exact) mass is 297 g/mol. The van der Waals surface area contributed by atoms with Crippen LogP contribution >= 0.6 is 0 Å². The molecule has 2 saturated heterocycles. The van der Waals surface area contributed by atoms with Gasteiger partial charge < -0.3 is 20.2 Å². The molecule has 7 nitrogen and oxygen atoms in total. The SMILES string of the molecule is CC(C)C1CCN(C(=O)N2CCNC(=O)C2CC(=O)O)C1. The molecule has 0 aliphatic carbocycles. The summed E-state index contributed by atoms with van der Waals surface area (Å²) < 4.78 is 0. The van der Waals surface area contributed by atoms with E-state index in [0.29, 0.717) is 38.0 Å². The Morgan fingerprint density at radius 2 is 2.10 bits per heavy atom. The number of amides is 3. The van der Waals surface area contributed by atoms with Crippen molar-refractivity contribution < 1.29 is 19.5 Å². The Bertz CT molecular complexity index is 438. The zero-order valence-electron chi connectivity index (χ0n) is 12.5. The predicted octanol–water partition coefficient (Wildman–Crippen LogP) is 0.359. The van der Waals surface area contributed by atoms with Crippen molar-refractivity contribution in [2.45, 2.75) is 32.7 Å². The number of urea groups is 1. The molecule has 2 unspecified atom stereocenters. The van der Waals surface area contributed by atoms with Crippen molar-refractivity contribution in [3.05, 3.63) is 0 Å². The van der Waals surface area contributed by atoms with Crippen LogP contribution in [0.5, 0.6) is 0 Å². The van der Waals surface area contributed by atoms with E-state index in [1.165, 1.54) is 4.90 Å². The number of rotatable bonds is 3. The van der Waals surface area contributed by atoms with Crippen molar-refractivity contribution in [3.63, 3.8) is 0 Å². The van der Waals surface area contributed by atoms with Crippen LogP contribution in [-0.4, -0.2) is 65.0 Å². The molecule has 0 radical (unpaired) electrons. The standard InChI is InChI=1S/C14H23N3O4/c1-9(2)10-3-5-16(8-10)14(21)17-6-4-15-13(20)11(17)7-12(18)19/h9-11H,3-8H2,1-2H3,(H,15,20)(H,18,19). The first kappa shape index (κ1) is 15.6. The van der Waals surface area contributed by atoms with Gasteiger partial charge in [0.05, 0.1) is 6.42 Å². The molecule has 2 heterocycles. The van der Waals surface area contributed by atoms with Crippen LogP contribution in [-0.2, 0) is 9.59 Å². The highest BCUT2D eigenvalue weighted by atomic mass is 16.4. The van der Waals surface area contributed by atoms with Gasteiger partial charge in [0.15, 0.2) is 0 Å². The maximum atomic E-state index is 12.6. The van der Waals surface area contributed by atoms with E-state index in [-0.39, 0.29) is 18.4 Å². The average Bonchev–Trinajstić information content (AvgIpc) is 2.89. The summed E-state index contributed by atoms with van der Waals surface area (Å²) in [5, 5.41) is 11.6. The molecule has 2 atom stereocenters. The van der Waals surface area contributed by atoms with Crippen LogP contribution in [0.1, 0.15) is 26.7 Å². The third kappa shape index (κ3) is 3.46. The average molecular weight is 297 g/mol. The molecule has 2 rings (SSSR count). The first-order valence-corrected chi connectivity index (χ1v) is 7.45. The van der Waals surface area contributed by atoms with Crippen LogP contribution < -0.4 is 5.32 Å². The third-order valence-corrected chi connectivity index (χ3v) is 4.38. The quantitative estimate of drug-likeness (QED) is 0.787. The fraction of sp³-hybridized carbons (Fsp3) is 0.786. The van der Waals surface area contributed by atoms with E-state index < -0.39 is 12.0 Å². The van der Waals surface area contributed by atoms with Crippen LogP contribution in [0, 0.1) is 11.8 Å². The smallest absolute Gasteiger partial charge is 0.320 e. The Balaban J connectivity index is 2.05. The molecule has 2 aliphatic rings. The molecule has 3 amide bonds. The van der Waals surface area contributed by atoms with Crippen LogP contribution in [0.3, 0.4) is 0 Å². The Morgan fingerprint density at radius 3 is 2.67 bits per heavy atom. The van der Waals surface area contributed by atoms with Crippen molar-refractivity contribution in [1.29, 1.82) is 0 Å². The summed E-state index contributed by atoms with van der Waals surface area (Å²) in [6.07, 6.45) is 0.617. The summed E-state index contributed by atoms with van der Waals surface area (Å²) in [7, 11) is 0. The molecule has 0 bridgehead atoms. The van der Waals surface area contributed by atoms with E-state index >= 15 is 0 Å². The number of nitrogens with one attached hydrogen (secondary N) is 1. The summed E-state index contributed by atoms with van der Waals surface area (Å²) >= 11 is 0. The van der Waals surface area contributed by atoms with Gasteiger partial charge in [-0.05, 0) is 18.3 Å². The summed E-state index contributed by atoms with van der Waals surface area (Å²) in [5.41, 5.74) is 0. The van der Waals surface area contributed by atoms with Crippen molar-refractivity contribution >= 4 is 17.9 Å². The number of carboxylic acid groups (broad SMARTS) is 1. The van der Waals surface area contributed by atoms with Gasteiger partial charge in [0, 0.05) is 26.2 Å². The maximum absolute atomic E-state index is 12.6. The van der Waals surface area contributed by atoms with Crippen LogP contribution in [0.25, 0.3) is 0 Å². The molecule has 2 aliphatic heterocycles. The molecular formula is C14H23N3O4. The molecule has 0 spiro atoms. The number of hydrogen-bond donors (Lipinski definition) is 2. The number of carboxylic acids is 1. The van der Waals surface area contributed by atoms with Gasteiger partial charge in [-0.25, -0.2) is 4.79 Å². The highest BCUT2D eigenvalue weighted by Crippen LogP contribution is 2.25. The van der Waals surface area contributed by atoms with Crippen molar-refractivity contribution in [3.8, 4) is 0 Å². The summed E-state index contributed by atoms with van der Waals surface area (Å²) in [4.78, 5) is 38.5. The topological polar surface area (TPSA) is 90.0 Å². The second kappa shape index (κ2) is 6.32. The highest BCUT2D eigenvalue weighted by Gasteiger charge is 2.38. The molecule has 0 aromatic carbocycles. The van der Waals surface area contributed by atoms with Gasteiger partial charge in [-0.1, -0.05) is 13.8 Å². The number of likely N-dealkylation sites (tertiary alicyclic amines) is 1. The van der Waals surface area contributed by atoms with Crippen LogP contribution in [0.15, 0.2) is 0 Å². The molecular weight excluding hydrogens is 274 g/mol. The summed E-state index contributed by atoms with van der Waals surface area (Å²) in [6.45, 7) is 6.39. The van der Waals surface area contributed by atoms with E-state index in [9.17, 15) is 14.4 Å². The van der Waals surface area contributed by atoms with Gasteiger partial charge in [-0.3, -0.25) is 9.59 Å². The maximum Gasteiger partial charge on any atom is 0.320 e. The van der Waals surface area contributed by atoms with E-state index in [0.717, 1.165) is 6.42 Å². The first-order valence-electron chi connectivity index (χ1n) is 7.45. The largest absolute Gasteiger partial charge is 0.481 e. The zero-order chi connectivity index (χ0) is 15.6. The van der Waals surface area contributed by atoms with E-state index in [1.807, 2.05) is 0 Å². The number of aliphatic carboxylic acids is 1. The lowest BCUT2D eigenvalue weighted by atomic mass is 9.95. The molecule has 2 fully saturated rings. The normalized spacial score (nSPS) is 26.1. The lowest BCUT2D eigenvalue weighted by molar-refractivity contribution is -0.142. The number of piperazine rings is 1. The number of carbonyl (C=O) groups excluding carboxylic acids is 2. The van der Waals surface area contributed by atoms with Crippen molar-refractivity contribution in [2.75, 3.05) is 26.2 Å². The Labute approximate surface area is 124 Å². The van der Waals surface area contributed by atoms with Gasteiger partial charge in [-0.15, -0.1) is 0 Å². The molecule has 2 N–H and O–H groups in total. The minimum Gasteiger partial charge on any atom is -0.481 e. The molecule has 118 valence electrons. The van der Waals surface area contributed by atoms with Gasteiger partial charge in [0.25, 0.3) is 0 Å². The number of hydrogen-bond acceptors (Lipinski definition) is 3. The fourth-order valence-corrected chi connectivity index (χ4v) is 3.00. The lowest BCUT2D eigenvalue weighted by Gasteiger charge is -2.36. The van der Waals surface area contributed by atoms with Crippen LogP contribution in [0.4, 0.5) is 4.79 Å². The Morgan fingerprint density at radius 1 is 1.38 bits per heavy atom. The van der Waals surface area contributed by atoms with Gasteiger partial charge in [0.1, 0.15) is 6.04 Å². The van der Waals surface area contributed by atoms with E-state index in [2.05, 4.69) is 19.2 Å². The minimum absolute atomic E-state index is 0.209. The Kier molecular flexibility index (Phi) is 4.69. The van der Waals surface area contributed by atoms with Gasteiger partial charge in [-0.2, -0.15) is 0 Å². The number of nitrogens with zero attached hydrogens (tertiary/aromatic N) is 2. The second-order valence-electron chi connectivity index (χ2n) is 6.12. The molecule has 7 heteroatoms. The first-order chi connectivity index (χ1) is 9.90. The third-order valence-electron chi connectivity index (χ3n) is 4.38. The Hall–Kier alpha value is -1.79. The number of carbonyl (C=O) groups is 3. The van der Waals surface area contributed by atoms with Gasteiger partial charge >= 0.3 is 12.0 Å². The molecule has 21 heavy (non-hydrogen) atoms. The predicted molar refractivity (Wildman–Crippen MR) is 75.7 cm³/mol. The highest BCUT2D eigenvalue weighted by molar-refractivity contribution is 5.91. The van der Waals surface area contributed by atoms with Crippen molar-refractivity contribution in [2.24, 2.45) is 11.8 Å². The zero-order valence-corrected chi connectivity index (χ0v) is 12.5. The van der Waals surface area contributed by atoms with E-state index in [4.69, 9.17) is 5.11 Å². The molecule has 0 aromatic heterocycles. The molecule has 0 aromatic rings. The van der Waals surface area contributed by atoms with Crippen LogP contribution in [0.2, 0.25) is 0 Å². The van der Waals surface area contributed by atoms with Crippen molar-refractivity contribution in [1.82, 2.24) is 15.1 Å². The van der Waals surface area contributed by atoms with Gasteiger partial charge in [0.2, 0.25) is 5.91 Å². The summed E-state index contributed by atoms with van der Waals surface area (Å²) in [5.74, 6) is -0.458. The fourth-order valence-electron chi connectivity index (χ4n) is 3.00. The minimum atomic E-state index is -1.07. The second-order valence-corrected chi connectivity index (χ2v) is 6.12. The summed E-state index contributed by atoms with van der Waals surface area (Å²) in [6, 6.07) is -1.11. The van der Waals surface area contributed by atoms with E-state index in [1.54, 1.807) is 4.90 Å².